The highest BCUT2D eigenvalue weighted by atomic mass is 16.5. The van der Waals surface area contributed by atoms with Crippen molar-refractivity contribution < 1.29 is 4.74 Å². The van der Waals surface area contributed by atoms with Crippen molar-refractivity contribution in [2.24, 2.45) is 0 Å². The number of hydrogen-bond acceptors (Lipinski definition) is 5. The van der Waals surface area contributed by atoms with Gasteiger partial charge < -0.3 is 15.4 Å². The Kier molecular flexibility index (Phi) is 3.85. The normalized spacial score (nSPS) is 17.6. The maximum absolute atomic E-state index is 5.79. The van der Waals surface area contributed by atoms with Crippen molar-refractivity contribution in [3.05, 3.63) is 12.1 Å². The van der Waals surface area contributed by atoms with E-state index >= 15 is 0 Å². The zero-order valence-electron chi connectivity index (χ0n) is 12.3. The van der Waals surface area contributed by atoms with Gasteiger partial charge in [-0.25, -0.2) is 0 Å². The second-order valence-corrected chi connectivity index (χ2v) is 5.91. The predicted octanol–water partition coefficient (Wildman–Crippen LogP) is 1.59. The Morgan fingerprint density at radius 3 is 2.32 bits per heavy atom. The van der Waals surface area contributed by atoms with Gasteiger partial charge in [0.2, 0.25) is 5.88 Å². The molecule has 1 aromatic heterocycles. The zero-order chi connectivity index (χ0) is 14.0. The quantitative estimate of drug-likeness (QED) is 0.879. The summed E-state index contributed by atoms with van der Waals surface area (Å²) in [6.45, 7) is 10.8. The standard InChI is InChI=1S/C14H24N4O/c1-14(2,3)18-9-7-17(8-10-18)12-6-5-11(15)13(16-12)19-4/h5-6H,7-10,15H2,1-4H3. The van der Waals surface area contributed by atoms with Gasteiger partial charge in [0.1, 0.15) is 5.82 Å². The lowest BCUT2D eigenvalue weighted by Gasteiger charge is -2.42. The summed E-state index contributed by atoms with van der Waals surface area (Å²) in [5.74, 6) is 1.45. The molecule has 0 spiro atoms. The molecule has 1 aromatic rings. The van der Waals surface area contributed by atoms with Crippen LogP contribution in [0.5, 0.6) is 5.88 Å². The van der Waals surface area contributed by atoms with Gasteiger partial charge in [-0.3, -0.25) is 4.90 Å². The first-order chi connectivity index (χ1) is 8.91. The Balaban J connectivity index is 2.05. The topological polar surface area (TPSA) is 54.6 Å². The van der Waals surface area contributed by atoms with Crippen LogP contribution < -0.4 is 15.4 Å². The maximum Gasteiger partial charge on any atom is 0.238 e. The SMILES string of the molecule is COc1nc(N2CCN(C(C)(C)C)CC2)ccc1N. The number of nitrogen functional groups attached to an aromatic ring is 1. The number of aromatic nitrogens is 1. The van der Waals surface area contributed by atoms with E-state index < -0.39 is 0 Å². The molecule has 5 heteroatoms. The van der Waals surface area contributed by atoms with Crippen LogP contribution in [-0.2, 0) is 0 Å². The van der Waals surface area contributed by atoms with E-state index in [1.54, 1.807) is 7.11 Å². The Hall–Kier alpha value is -1.49. The molecule has 1 aliphatic rings. The number of nitrogens with zero attached hydrogens (tertiary/aromatic N) is 3. The summed E-state index contributed by atoms with van der Waals surface area (Å²) in [7, 11) is 1.60. The molecule has 0 atom stereocenters. The van der Waals surface area contributed by atoms with Crippen molar-refractivity contribution in [3.8, 4) is 5.88 Å². The van der Waals surface area contributed by atoms with Crippen LogP contribution in [0.25, 0.3) is 0 Å². The molecule has 0 radical (unpaired) electrons. The lowest BCUT2D eigenvalue weighted by Crippen LogP contribution is -2.53. The van der Waals surface area contributed by atoms with Gasteiger partial charge in [-0.15, -0.1) is 0 Å². The molecule has 0 saturated carbocycles. The van der Waals surface area contributed by atoms with E-state index in [-0.39, 0.29) is 5.54 Å². The van der Waals surface area contributed by atoms with Crippen LogP contribution in [0.3, 0.4) is 0 Å². The van der Waals surface area contributed by atoms with Crippen LogP contribution in [0, 0.1) is 0 Å². The molecule has 0 bridgehead atoms. The maximum atomic E-state index is 5.79. The van der Waals surface area contributed by atoms with Gasteiger partial charge in [-0.05, 0) is 32.9 Å². The van der Waals surface area contributed by atoms with E-state index in [4.69, 9.17) is 10.5 Å². The average molecular weight is 264 g/mol. The van der Waals surface area contributed by atoms with E-state index in [1.807, 2.05) is 12.1 Å². The van der Waals surface area contributed by atoms with Crippen molar-refractivity contribution in [1.29, 1.82) is 0 Å². The third-order valence-electron chi connectivity index (χ3n) is 3.62. The summed E-state index contributed by atoms with van der Waals surface area (Å²) < 4.78 is 5.18. The summed E-state index contributed by atoms with van der Waals surface area (Å²) in [6, 6.07) is 3.82. The minimum absolute atomic E-state index is 0.234. The number of pyridine rings is 1. The zero-order valence-corrected chi connectivity index (χ0v) is 12.3. The summed E-state index contributed by atoms with van der Waals surface area (Å²) in [5, 5.41) is 0. The number of nitrogens with two attached hydrogens (primary N) is 1. The molecule has 2 rings (SSSR count). The first-order valence-corrected chi connectivity index (χ1v) is 6.72. The van der Waals surface area contributed by atoms with E-state index in [0.29, 0.717) is 11.6 Å². The molecule has 2 heterocycles. The Morgan fingerprint density at radius 1 is 1.16 bits per heavy atom. The van der Waals surface area contributed by atoms with Gasteiger partial charge in [0.05, 0.1) is 12.8 Å². The lowest BCUT2D eigenvalue weighted by molar-refractivity contribution is 0.128. The van der Waals surface area contributed by atoms with E-state index in [0.717, 1.165) is 32.0 Å². The number of hydrogen-bond donors (Lipinski definition) is 1. The Labute approximate surface area is 115 Å². The highest BCUT2D eigenvalue weighted by molar-refractivity contribution is 5.54. The molecule has 5 nitrogen and oxygen atoms in total. The third-order valence-corrected chi connectivity index (χ3v) is 3.62. The minimum atomic E-state index is 0.234. The fraction of sp³-hybridized carbons (Fsp3) is 0.643. The molecule has 0 unspecified atom stereocenters. The molecule has 1 saturated heterocycles. The number of piperazine rings is 1. The largest absolute Gasteiger partial charge is 0.479 e. The third kappa shape index (κ3) is 3.10. The molecule has 0 aromatic carbocycles. The molecule has 0 aliphatic carbocycles. The number of rotatable bonds is 2. The Bertz CT molecular complexity index is 434. The molecule has 19 heavy (non-hydrogen) atoms. The van der Waals surface area contributed by atoms with Crippen molar-refractivity contribution in [1.82, 2.24) is 9.88 Å². The van der Waals surface area contributed by atoms with Gasteiger partial charge in [-0.2, -0.15) is 4.98 Å². The predicted molar refractivity (Wildman–Crippen MR) is 78.7 cm³/mol. The number of methoxy groups -OCH3 is 1. The molecule has 1 fully saturated rings. The van der Waals surface area contributed by atoms with Crippen molar-refractivity contribution in [3.63, 3.8) is 0 Å². The van der Waals surface area contributed by atoms with E-state index in [2.05, 4.69) is 35.6 Å². The van der Waals surface area contributed by atoms with Gasteiger partial charge in [0.15, 0.2) is 0 Å². The van der Waals surface area contributed by atoms with Crippen molar-refractivity contribution in [2.45, 2.75) is 26.3 Å². The van der Waals surface area contributed by atoms with Crippen LogP contribution in [-0.4, -0.2) is 48.7 Å². The molecule has 0 amide bonds. The van der Waals surface area contributed by atoms with E-state index in [1.165, 1.54) is 0 Å². The second kappa shape index (κ2) is 5.25. The first kappa shape index (κ1) is 13.9. The van der Waals surface area contributed by atoms with Crippen LogP contribution in [0.2, 0.25) is 0 Å². The van der Waals surface area contributed by atoms with Crippen molar-refractivity contribution in [2.75, 3.05) is 43.9 Å². The minimum Gasteiger partial charge on any atom is -0.479 e. The van der Waals surface area contributed by atoms with Crippen LogP contribution in [0.4, 0.5) is 11.5 Å². The van der Waals surface area contributed by atoms with Crippen LogP contribution in [0.1, 0.15) is 20.8 Å². The monoisotopic (exact) mass is 264 g/mol. The van der Waals surface area contributed by atoms with Gasteiger partial charge in [0.25, 0.3) is 0 Å². The fourth-order valence-corrected chi connectivity index (χ4v) is 2.39. The fourth-order valence-electron chi connectivity index (χ4n) is 2.39. The Morgan fingerprint density at radius 2 is 1.79 bits per heavy atom. The second-order valence-electron chi connectivity index (χ2n) is 5.91. The van der Waals surface area contributed by atoms with Crippen LogP contribution in [0.15, 0.2) is 12.1 Å². The summed E-state index contributed by atoms with van der Waals surface area (Å²) >= 11 is 0. The number of anilines is 2. The number of ether oxygens (including phenoxy) is 1. The lowest BCUT2D eigenvalue weighted by atomic mass is 10.1. The van der Waals surface area contributed by atoms with E-state index in [9.17, 15) is 0 Å². The van der Waals surface area contributed by atoms with Crippen LogP contribution >= 0.6 is 0 Å². The summed E-state index contributed by atoms with van der Waals surface area (Å²) in [4.78, 5) is 9.24. The molecule has 106 valence electrons. The molecular weight excluding hydrogens is 240 g/mol. The van der Waals surface area contributed by atoms with Gasteiger partial charge in [-0.1, -0.05) is 0 Å². The van der Waals surface area contributed by atoms with Gasteiger partial charge in [0, 0.05) is 31.7 Å². The summed E-state index contributed by atoms with van der Waals surface area (Å²) in [5.41, 5.74) is 6.61. The molecule has 1 aliphatic heterocycles. The average Bonchev–Trinajstić information content (AvgIpc) is 2.38. The molecular formula is C14H24N4O. The van der Waals surface area contributed by atoms with Crippen molar-refractivity contribution >= 4 is 11.5 Å². The first-order valence-electron chi connectivity index (χ1n) is 6.72. The summed E-state index contributed by atoms with van der Waals surface area (Å²) in [6.07, 6.45) is 0. The smallest absolute Gasteiger partial charge is 0.238 e. The van der Waals surface area contributed by atoms with Gasteiger partial charge >= 0.3 is 0 Å². The highest BCUT2D eigenvalue weighted by Gasteiger charge is 2.26. The highest BCUT2D eigenvalue weighted by Crippen LogP contribution is 2.24. The molecule has 2 N–H and O–H groups in total.